The van der Waals surface area contributed by atoms with Crippen molar-refractivity contribution >= 4 is 43.2 Å². The normalized spacial score (nSPS) is 12.7. The number of aryl methyl sites for hydroxylation is 1. The van der Waals surface area contributed by atoms with E-state index in [2.05, 4.69) is 74.5 Å². The van der Waals surface area contributed by atoms with Gasteiger partial charge in [-0.3, -0.25) is 5.84 Å². The van der Waals surface area contributed by atoms with Crippen LogP contribution < -0.4 is 11.3 Å². The molecule has 2 aromatic rings. The monoisotopic (exact) mass is 388 g/mol. The van der Waals surface area contributed by atoms with Gasteiger partial charge in [-0.25, -0.2) is 5.43 Å². The molecule has 0 aliphatic rings. The summed E-state index contributed by atoms with van der Waals surface area (Å²) < 4.78 is 2.19. The molecule has 2 rings (SSSR count). The Hall–Kier alpha value is -0.200. The number of halogens is 2. The Bertz CT molecular complexity index is 540. The van der Waals surface area contributed by atoms with Gasteiger partial charge < -0.3 is 0 Å². The molecule has 18 heavy (non-hydrogen) atoms. The molecule has 1 unspecified atom stereocenters. The quantitative estimate of drug-likeness (QED) is 0.601. The maximum atomic E-state index is 5.72. The zero-order valence-electron chi connectivity index (χ0n) is 9.91. The first-order chi connectivity index (χ1) is 8.65. The molecule has 2 nitrogen and oxygen atoms in total. The second-order valence-corrected chi connectivity index (χ2v) is 7.73. The predicted octanol–water partition coefficient (Wildman–Crippen LogP) is 4.39. The lowest BCUT2D eigenvalue weighted by Crippen LogP contribution is -2.28. The van der Waals surface area contributed by atoms with E-state index < -0.39 is 0 Å². The number of hydrogen-bond donors (Lipinski definition) is 2. The number of benzene rings is 1. The first-order valence-corrected chi connectivity index (χ1v) is 8.05. The summed E-state index contributed by atoms with van der Waals surface area (Å²) in [5.74, 6) is 5.72. The van der Waals surface area contributed by atoms with E-state index in [9.17, 15) is 0 Å². The molecule has 0 aliphatic heterocycles. The summed E-state index contributed by atoms with van der Waals surface area (Å²) in [7, 11) is 0. The molecule has 0 spiro atoms. The van der Waals surface area contributed by atoms with Crippen molar-refractivity contribution in [2.24, 2.45) is 5.84 Å². The molecule has 1 heterocycles. The zero-order chi connectivity index (χ0) is 13.1. The summed E-state index contributed by atoms with van der Waals surface area (Å²) in [5, 5.41) is 0. The molecule has 1 aromatic carbocycles. The summed E-state index contributed by atoms with van der Waals surface area (Å²) in [6, 6.07) is 10.6. The Balaban J connectivity index is 2.41. The maximum Gasteiger partial charge on any atom is 0.0762 e. The highest BCUT2D eigenvalue weighted by Crippen LogP contribution is 2.37. The van der Waals surface area contributed by atoms with E-state index in [0.29, 0.717) is 0 Å². The van der Waals surface area contributed by atoms with Crippen LogP contribution in [-0.2, 0) is 6.42 Å². The number of nitrogens with two attached hydrogens (primary N) is 1. The van der Waals surface area contributed by atoms with Crippen molar-refractivity contribution in [1.29, 1.82) is 0 Å². The molecule has 0 fully saturated rings. The van der Waals surface area contributed by atoms with Gasteiger partial charge in [0.2, 0.25) is 0 Å². The Morgan fingerprint density at radius 2 is 2.11 bits per heavy atom. The van der Waals surface area contributed by atoms with Crippen LogP contribution in [0.3, 0.4) is 0 Å². The fourth-order valence-corrected chi connectivity index (χ4v) is 4.81. The molecule has 96 valence electrons. The van der Waals surface area contributed by atoms with Gasteiger partial charge in [0, 0.05) is 5.56 Å². The van der Waals surface area contributed by atoms with Crippen molar-refractivity contribution < 1.29 is 0 Å². The Kier molecular flexibility index (Phi) is 4.98. The third-order valence-corrected chi connectivity index (χ3v) is 5.24. The molecule has 0 amide bonds. The molecule has 5 heteroatoms. The number of rotatable bonds is 4. The number of thiophene rings is 1. The van der Waals surface area contributed by atoms with Crippen molar-refractivity contribution in [2.75, 3.05) is 0 Å². The topological polar surface area (TPSA) is 38.0 Å². The third kappa shape index (κ3) is 3.03. The van der Waals surface area contributed by atoms with Gasteiger partial charge >= 0.3 is 0 Å². The number of hydrazine groups is 1. The molecule has 1 atom stereocenters. The standard InChI is InChI=1S/C13H14Br2N2S/c1-2-8-4-3-5-9(6-8)12(17-16)10-7-11(14)18-13(10)15/h3-7,12,17H,2,16H2,1H3. The molecule has 1 aromatic heterocycles. The average molecular weight is 390 g/mol. The summed E-state index contributed by atoms with van der Waals surface area (Å²) in [4.78, 5) is 0. The molecule has 0 aliphatic carbocycles. The van der Waals surface area contributed by atoms with Crippen molar-refractivity contribution in [3.8, 4) is 0 Å². The van der Waals surface area contributed by atoms with E-state index in [1.165, 1.54) is 11.1 Å². The van der Waals surface area contributed by atoms with E-state index >= 15 is 0 Å². The average Bonchev–Trinajstić information content (AvgIpc) is 2.70. The molecular formula is C13H14Br2N2S. The van der Waals surface area contributed by atoms with Crippen LogP contribution in [0.15, 0.2) is 37.9 Å². The van der Waals surface area contributed by atoms with Crippen molar-refractivity contribution in [3.63, 3.8) is 0 Å². The predicted molar refractivity (Wildman–Crippen MR) is 84.7 cm³/mol. The summed E-state index contributed by atoms with van der Waals surface area (Å²) in [5.41, 5.74) is 6.55. The maximum absolute atomic E-state index is 5.72. The van der Waals surface area contributed by atoms with Crippen molar-refractivity contribution in [3.05, 3.63) is 54.6 Å². The lowest BCUT2D eigenvalue weighted by molar-refractivity contribution is 0.636. The lowest BCUT2D eigenvalue weighted by atomic mass is 9.99. The third-order valence-electron chi connectivity index (χ3n) is 2.85. The number of nitrogens with one attached hydrogen (secondary N) is 1. The highest BCUT2D eigenvalue weighted by atomic mass is 79.9. The van der Waals surface area contributed by atoms with Crippen LogP contribution in [0.5, 0.6) is 0 Å². The van der Waals surface area contributed by atoms with Crippen LogP contribution in [0.1, 0.15) is 29.7 Å². The van der Waals surface area contributed by atoms with Crippen molar-refractivity contribution in [2.45, 2.75) is 19.4 Å². The minimum Gasteiger partial charge on any atom is -0.271 e. The van der Waals surface area contributed by atoms with Crippen LogP contribution in [0.4, 0.5) is 0 Å². The summed E-state index contributed by atoms with van der Waals surface area (Å²) in [6.45, 7) is 2.15. The second-order valence-electron chi connectivity index (χ2n) is 3.98. The highest BCUT2D eigenvalue weighted by molar-refractivity contribution is 9.12. The molecule has 0 saturated heterocycles. The van der Waals surface area contributed by atoms with E-state index in [4.69, 9.17) is 5.84 Å². The van der Waals surface area contributed by atoms with Gasteiger partial charge in [-0.15, -0.1) is 11.3 Å². The van der Waals surface area contributed by atoms with Crippen LogP contribution in [0.25, 0.3) is 0 Å². The van der Waals surface area contributed by atoms with Gasteiger partial charge in [0.05, 0.1) is 13.6 Å². The van der Waals surface area contributed by atoms with E-state index in [1.807, 2.05) is 0 Å². The first-order valence-electron chi connectivity index (χ1n) is 5.65. The van der Waals surface area contributed by atoms with E-state index in [0.717, 1.165) is 19.6 Å². The van der Waals surface area contributed by atoms with Gasteiger partial charge in [0.1, 0.15) is 0 Å². The minimum absolute atomic E-state index is 0.00780. The summed E-state index contributed by atoms with van der Waals surface area (Å²) >= 11 is 8.74. The highest BCUT2D eigenvalue weighted by Gasteiger charge is 2.18. The molecule has 0 bridgehead atoms. The Labute approximate surface area is 128 Å². The van der Waals surface area contributed by atoms with Gasteiger partial charge in [0.15, 0.2) is 0 Å². The van der Waals surface area contributed by atoms with Gasteiger partial charge in [-0.1, -0.05) is 31.2 Å². The van der Waals surface area contributed by atoms with Crippen LogP contribution in [-0.4, -0.2) is 0 Å². The second kappa shape index (κ2) is 6.30. The Morgan fingerprint density at radius 1 is 1.33 bits per heavy atom. The van der Waals surface area contributed by atoms with Gasteiger partial charge in [0.25, 0.3) is 0 Å². The fourth-order valence-electron chi connectivity index (χ4n) is 1.91. The lowest BCUT2D eigenvalue weighted by Gasteiger charge is -2.16. The number of hydrogen-bond acceptors (Lipinski definition) is 3. The van der Waals surface area contributed by atoms with Crippen LogP contribution >= 0.6 is 43.2 Å². The van der Waals surface area contributed by atoms with E-state index in [1.54, 1.807) is 11.3 Å². The fraction of sp³-hybridized carbons (Fsp3) is 0.231. The molecule has 0 saturated carbocycles. The molecule has 3 N–H and O–H groups in total. The summed E-state index contributed by atoms with van der Waals surface area (Å²) in [6.07, 6.45) is 1.03. The van der Waals surface area contributed by atoms with Gasteiger partial charge in [-0.2, -0.15) is 0 Å². The van der Waals surface area contributed by atoms with Crippen LogP contribution in [0.2, 0.25) is 0 Å². The Morgan fingerprint density at radius 3 is 2.67 bits per heavy atom. The smallest absolute Gasteiger partial charge is 0.0762 e. The minimum atomic E-state index is 0.00780. The molecule has 0 radical (unpaired) electrons. The largest absolute Gasteiger partial charge is 0.271 e. The van der Waals surface area contributed by atoms with E-state index in [-0.39, 0.29) is 6.04 Å². The molecular weight excluding hydrogens is 376 g/mol. The zero-order valence-corrected chi connectivity index (χ0v) is 13.9. The van der Waals surface area contributed by atoms with Crippen LogP contribution in [0, 0.1) is 0 Å². The first kappa shape index (κ1) is 14.2. The van der Waals surface area contributed by atoms with Gasteiger partial charge in [-0.05, 0) is 55.5 Å². The SMILES string of the molecule is CCc1cccc(C(NN)c2cc(Br)sc2Br)c1. The van der Waals surface area contributed by atoms with Crippen molar-refractivity contribution in [1.82, 2.24) is 5.43 Å².